The van der Waals surface area contributed by atoms with Crippen LogP contribution in [0.2, 0.25) is 0 Å². The van der Waals surface area contributed by atoms with Gasteiger partial charge in [0, 0.05) is 4.47 Å². The van der Waals surface area contributed by atoms with Crippen LogP contribution in [0.3, 0.4) is 0 Å². The second-order valence-electron chi connectivity index (χ2n) is 4.61. The van der Waals surface area contributed by atoms with E-state index in [0.29, 0.717) is 16.5 Å². The zero-order chi connectivity index (χ0) is 14.4. The van der Waals surface area contributed by atoms with Crippen LogP contribution in [0.5, 0.6) is 0 Å². The number of amides is 2. The van der Waals surface area contributed by atoms with Crippen LogP contribution in [-0.4, -0.2) is 23.1 Å². The average molecular weight is 329 g/mol. The maximum atomic E-state index is 12.1. The number of benzene rings is 1. The molecule has 0 saturated heterocycles. The van der Waals surface area contributed by atoms with Crippen molar-refractivity contribution in [1.29, 1.82) is 0 Å². The largest absolute Gasteiger partial charge is 0.340 e. The van der Waals surface area contributed by atoms with Crippen molar-refractivity contribution in [3.63, 3.8) is 0 Å². The van der Waals surface area contributed by atoms with Gasteiger partial charge in [-0.15, -0.1) is 0 Å². The Bertz CT molecular complexity index is 463. The van der Waals surface area contributed by atoms with Gasteiger partial charge in [-0.05, 0) is 40.4 Å². The number of rotatable bonds is 5. The zero-order valence-corrected chi connectivity index (χ0v) is 12.4. The number of carbonyl (C=O) groups excluding carboxylic acids is 2. The van der Waals surface area contributed by atoms with Gasteiger partial charge in [-0.2, -0.15) is 0 Å². The van der Waals surface area contributed by atoms with Crippen molar-refractivity contribution >= 4 is 27.7 Å². The second-order valence-corrected chi connectivity index (χ2v) is 5.47. The number of halogens is 1. The smallest absolute Gasteiger partial charge is 0.265 e. The van der Waals surface area contributed by atoms with E-state index in [4.69, 9.17) is 5.21 Å². The molecule has 0 aliphatic rings. The molecule has 3 N–H and O–H groups in total. The minimum atomic E-state index is -0.760. The van der Waals surface area contributed by atoms with Crippen LogP contribution in [0.1, 0.15) is 30.6 Å². The molecule has 0 unspecified atom stereocenters. The van der Waals surface area contributed by atoms with E-state index >= 15 is 0 Å². The second kappa shape index (κ2) is 7.25. The van der Waals surface area contributed by atoms with Gasteiger partial charge in [0.15, 0.2) is 0 Å². The van der Waals surface area contributed by atoms with Gasteiger partial charge in [-0.25, -0.2) is 5.48 Å². The summed E-state index contributed by atoms with van der Waals surface area (Å²) in [7, 11) is 0. The van der Waals surface area contributed by atoms with Crippen molar-refractivity contribution in [2.24, 2.45) is 5.92 Å². The molecule has 0 radical (unpaired) electrons. The molecule has 0 bridgehead atoms. The summed E-state index contributed by atoms with van der Waals surface area (Å²) >= 11 is 3.28. The van der Waals surface area contributed by atoms with Gasteiger partial charge in [-0.1, -0.05) is 26.0 Å². The van der Waals surface area contributed by atoms with Crippen molar-refractivity contribution in [3.8, 4) is 0 Å². The van der Waals surface area contributed by atoms with E-state index in [1.54, 1.807) is 29.7 Å². The van der Waals surface area contributed by atoms with Crippen LogP contribution in [0.4, 0.5) is 0 Å². The highest BCUT2D eigenvalue weighted by Crippen LogP contribution is 2.16. The Morgan fingerprint density at radius 1 is 1.32 bits per heavy atom. The third-order valence-electron chi connectivity index (χ3n) is 2.56. The Morgan fingerprint density at radius 2 is 1.95 bits per heavy atom. The Hall–Kier alpha value is -1.40. The highest BCUT2D eigenvalue weighted by atomic mass is 79.9. The number of hydrogen-bond acceptors (Lipinski definition) is 3. The number of hydroxylamine groups is 1. The lowest BCUT2D eigenvalue weighted by atomic mass is 10.0. The molecule has 0 aromatic heterocycles. The Kier molecular flexibility index (Phi) is 5.98. The summed E-state index contributed by atoms with van der Waals surface area (Å²) in [5, 5.41) is 11.3. The van der Waals surface area contributed by atoms with Crippen LogP contribution < -0.4 is 10.8 Å². The lowest BCUT2D eigenvalue weighted by Gasteiger charge is -2.18. The van der Waals surface area contributed by atoms with E-state index in [2.05, 4.69) is 21.2 Å². The van der Waals surface area contributed by atoms with Crippen molar-refractivity contribution < 1.29 is 14.8 Å². The fourth-order valence-electron chi connectivity index (χ4n) is 1.66. The van der Waals surface area contributed by atoms with Crippen LogP contribution in [0.15, 0.2) is 28.7 Å². The first-order valence-electron chi connectivity index (χ1n) is 5.95. The first kappa shape index (κ1) is 15.7. The van der Waals surface area contributed by atoms with E-state index < -0.39 is 11.9 Å². The van der Waals surface area contributed by atoms with E-state index in [0.717, 1.165) is 0 Å². The fraction of sp³-hybridized carbons (Fsp3) is 0.385. The standard InChI is InChI=1S/C13H17BrN2O3/c1-8(2)7-11(13(18)16-19)15-12(17)9-5-3-4-6-10(9)14/h3-6,8,11,19H,7H2,1-2H3,(H,15,17)(H,16,18)/t11-/m1/s1. The molecule has 0 fully saturated rings. The van der Waals surface area contributed by atoms with Crippen molar-refractivity contribution in [3.05, 3.63) is 34.3 Å². The molecule has 1 atom stereocenters. The monoisotopic (exact) mass is 328 g/mol. The van der Waals surface area contributed by atoms with Crippen LogP contribution in [0, 0.1) is 5.92 Å². The quantitative estimate of drug-likeness (QED) is 0.572. The molecule has 0 aliphatic heterocycles. The third-order valence-corrected chi connectivity index (χ3v) is 3.25. The van der Waals surface area contributed by atoms with E-state index in [-0.39, 0.29) is 11.8 Å². The van der Waals surface area contributed by atoms with Gasteiger partial charge in [0.25, 0.3) is 11.8 Å². The van der Waals surface area contributed by atoms with E-state index in [1.807, 2.05) is 13.8 Å². The van der Waals surface area contributed by atoms with Crippen LogP contribution >= 0.6 is 15.9 Å². The van der Waals surface area contributed by atoms with Crippen molar-refractivity contribution in [2.45, 2.75) is 26.3 Å². The summed E-state index contributed by atoms with van der Waals surface area (Å²) in [5.41, 5.74) is 2.02. The average Bonchev–Trinajstić information content (AvgIpc) is 2.36. The Labute approximate surface area is 120 Å². The summed E-state index contributed by atoms with van der Waals surface area (Å²) in [5.74, 6) is -0.766. The molecule has 1 aromatic rings. The van der Waals surface area contributed by atoms with Gasteiger partial charge in [0.1, 0.15) is 6.04 Å². The number of nitrogens with one attached hydrogen (secondary N) is 2. The lowest BCUT2D eigenvalue weighted by Crippen LogP contribution is -2.46. The number of carbonyl (C=O) groups is 2. The molecular weight excluding hydrogens is 312 g/mol. The third kappa shape index (κ3) is 4.65. The predicted molar refractivity (Wildman–Crippen MR) is 74.8 cm³/mol. The molecule has 0 aliphatic carbocycles. The van der Waals surface area contributed by atoms with E-state index in [9.17, 15) is 9.59 Å². The van der Waals surface area contributed by atoms with Crippen molar-refractivity contribution in [2.75, 3.05) is 0 Å². The molecule has 19 heavy (non-hydrogen) atoms. The van der Waals surface area contributed by atoms with Crippen molar-refractivity contribution in [1.82, 2.24) is 10.8 Å². The van der Waals surface area contributed by atoms with Crippen LogP contribution in [0.25, 0.3) is 0 Å². The predicted octanol–water partition coefficient (Wildman–Crippen LogP) is 2.10. The summed E-state index contributed by atoms with van der Waals surface area (Å²) < 4.78 is 0.653. The van der Waals surface area contributed by atoms with Gasteiger partial charge in [0.2, 0.25) is 0 Å². The minimum Gasteiger partial charge on any atom is -0.340 e. The summed E-state index contributed by atoms with van der Waals surface area (Å²) in [6.45, 7) is 3.87. The summed E-state index contributed by atoms with van der Waals surface area (Å²) in [6.07, 6.45) is 0.447. The maximum absolute atomic E-state index is 12.1. The van der Waals surface area contributed by atoms with Crippen LogP contribution in [-0.2, 0) is 4.79 Å². The molecule has 0 saturated carbocycles. The van der Waals surface area contributed by atoms with Gasteiger partial charge >= 0.3 is 0 Å². The van der Waals surface area contributed by atoms with Gasteiger partial charge < -0.3 is 5.32 Å². The SMILES string of the molecule is CC(C)C[C@@H](NC(=O)c1ccccc1Br)C(=O)NO. The first-order chi connectivity index (χ1) is 8.95. The molecule has 1 rings (SSSR count). The first-order valence-corrected chi connectivity index (χ1v) is 6.74. The Balaban J connectivity index is 2.82. The summed E-state index contributed by atoms with van der Waals surface area (Å²) in [6, 6.07) is 6.18. The molecule has 2 amide bonds. The van der Waals surface area contributed by atoms with E-state index in [1.165, 1.54) is 0 Å². The number of hydrogen-bond donors (Lipinski definition) is 3. The Morgan fingerprint density at radius 3 is 2.47 bits per heavy atom. The fourth-order valence-corrected chi connectivity index (χ4v) is 2.13. The molecule has 1 aromatic carbocycles. The minimum absolute atomic E-state index is 0.210. The molecule has 0 heterocycles. The highest BCUT2D eigenvalue weighted by molar-refractivity contribution is 9.10. The lowest BCUT2D eigenvalue weighted by molar-refractivity contribution is -0.131. The molecule has 5 nitrogen and oxygen atoms in total. The summed E-state index contributed by atoms with van der Waals surface area (Å²) in [4.78, 5) is 23.6. The highest BCUT2D eigenvalue weighted by Gasteiger charge is 2.22. The topological polar surface area (TPSA) is 78.4 Å². The molecule has 0 spiro atoms. The molecular formula is C13H17BrN2O3. The van der Waals surface area contributed by atoms with Gasteiger partial charge in [-0.3, -0.25) is 14.8 Å². The molecule has 104 valence electrons. The maximum Gasteiger partial charge on any atom is 0.265 e. The molecule has 6 heteroatoms. The zero-order valence-electron chi connectivity index (χ0n) is 10.8. The van der Waals surface area contributed by atoms with Gasteiger partial charge in [0.05, 0.1) is 5.56 Å². The normalized spacial score (nSPS) is 12.1.